The van der Waals surface area contributed by atoms with Gasteiger partial charge in [0.15, 0.2) is 5.78 Å². The van der Waals surface area contributed by atoms with Gasteiger partial charge in [-0.05, 0) is 34.6 Å². The van der Waals surface area contributed by atoms with Gasteiger partial charge in [-0.2, -0.15) is 0 Å². The molecule has 1 heterocycles. The standard InChI is InChI=1S/C17H23NO/c1-16(2,3)13-8-11(7-12-10-18-12)9-14(15(13)19)17(4,5)6/h7-10,12H,1-6H3. The molecule has 0 bridgehead atoms. The number of hydrogen-bond donors (Lipinski definition) is 0. The third kappa shape index (κ3) is 3.12. The molecule has 19 heavy (non-hydrogen) atoms. The van der Waals surface area contributed by atoms with Gasteiger partial charge in [0.1, 0.15) is 6.04 Å². The number of carbonyl (C=O) groups is 1. The third-order valence-corrected chi connectivity index (χ3v) is 3.41. The molecule has 0 amide bonds. The maximum Gasteiger partial charge on any atom is 0.186 e. The van der Waals surface area contributed by atoms with Crippen LogP contribution in [0.25, 0.3) is 0 Å². The van der Waals surface area contributed by atoms with Crippen molar-refractivity contribution in [2.45, 2.75) is 47.6 Å². The molecule has 2 aliphatic rings. The fourth-order valence-corrected chi connectivity index (χ4v) is 2.19. The maximum absolute atomic E-state index is 12.7. The van der Waals surface area contributed by atoms with E-state index in [0.29, 0.717) is 0 Å². The average molecular weight is 257 g/mol. The van der Waals surface area contributed by atoms with Gasteiger partial charge in [-0.3, -0.25) is 9.79 Å². The summed E-state index contributed by atoms with van der Waals surface area (Å²) in [6.45, 7) is 12.5. The number of rotatable bonds is 1. The summed E-state index contributed by atoms with van der Waals surface area (Å²) in [6, 6.07) is 0.234. The Balaban J connectivity index is 2.47. The van der Waals surface area contributed by atoms with Gasteiger partial charge in [-0.1, -0.05) is 41.5 Å². The lowest BCUT2D eigenvalue weighted by Crippen LogP contribution is -2.28. The lowest BCUT2D eigenvalue weighted by molar-refractivity contribution is -0.114. The van der Waals surface area contributed by atoms with E-state index in [4.69, 9.17) is 0 Å². The first-order valence-corrected chi connectivity index (χ1v) is 6.83. The zero-order valence-corrected chi connectivity index (χ0v) is 12.7. The van der Waals surface area contributed by atoms with Crippen LogP contribution in [0, 0.1) is 10.8 Å². The van der Waals surface area contributed by atoms with Gasteiger partial charge in [-0.15, -0.1) is 0 Å². The van der Waals surface area contributed by atoms with Crippen molar-refractivity contribution in [1.29, 1.82) is 0 Å². The summed E-state index contributed by atoms with van der Waals surface area (Å²) in [6.07, 6.45) is 8.08. The van der Waals surface area contributed by atoms with Crippen molar-refractivity contribution >= 4 is 12.0 Å². The molecule has 0 spiro atoms. The first kappa shape index (κ1) is 14.0. The van der Waals surface area contributed by atoms with Crippen LogP contribution in [0.5, 0.6) is 0 Å². The fourth-order valence-electron chi connectivity index (χ4n) is 2.19. The van der Waals surface area contributed by atoms with Crippen molar-refractivity contribution < 1.29 is 4.79 Å². The SMILES string of the molecule is CC(C)(C)C1=CC(=CC2C=N2)C=C(C(C)(C)C)C1=O. The maximum atomic E-state index is 12.7. The Morgan fingerprint density at radius 3 is 1.74 bits per heavy atom. The van der Waals surface area contributed by atoms with Crippen LogP contribution in [0.2, 0.25) is 0 Å². The molecular formula is C17H23NO. The second kappa shape index (κ2) is 4.29. The molecule has 1 aliphatic heterocycles. The molecule has 0 fully saturated rings. The van der Waals surface area contributed by atoms with Crippen LogP contribution in [0.1, 0.15) is 41.5 Å². The zero-order chi connectivity index (χ0) is 14.4. The number of Topliss-reactive ketones (excluding diaryl/α,β-unsaturated/α-hetero) is 1. The van der Waals surface area contributed by atoms with E-state index < -0.39 is 0 Å². The molecule has 0 aromatic carbocycles. The van der Waals surface area contributed by atoms with E-state index in [1.165, 1.54) is 0 Å². The van der Waals surface area contributed by atoms with Gasteiger partial charge in [-0.25, -0.2) is 0 Å². The Kier molecular flexibility index (Phi) is 3.16. The minimum Gasteiger partial charge on any atom is -0.289 e. The van der Waals surface area contributed by atoms with Crippen molar-refractivity contribution in [1.82, 2.24) is 0 Å². The molecule has 0 radical (unpaired) electrons. The molecule has 0 saturated heterocycles. The number of aliphatic imine (C=N–C) groups is 1. The predicted octanol–water partition coefficient (Wildman–Crippen LogP) is 3.89. The van der Waals surface area contributed by atoms with Gasteiger partial charge < -0.3 is 0 Å². The highest BCUT2D eigenvalue weighted by atomic mass is 16.1. The van der Waals surface area contributed by atoms with Crippen LogP contribution in [0.15, 0.2) is 39.9 Å². The van der Waals surface area contributed by atoms with Crippen molar-refractivity contribution in [3.05, 3.63) is 34.9 Å². The second-order valence-corrected chi connectivity index (χ2v) is 7.40. The summed E-state index contributed by atoms with van der Waals surface area (Å²) in [5.41, 5.74) is 2.63. The van der Waals surface area contributed by atoms with Gasteiger partial charge in [0.2, 0.25) is 0 Å². The molecule has 1 unspecified atom stereocenters. The molecule has 0 aromatic rings. The van der Waals surface area contributed by atoms with Crippen LogP contribution in [-0.2, 0) is 4.79 Å². The van der Waals surface area contributed by atoms with Gasteiger partial charge in [0.05, 0.1) is 0 Å². The van der Waals surface area contributed by atoms with Crippen molar-refractivity contribution in [3.63, 3.8) is 0 Å². The quantitative estimate of drug-likeness (QED) is 0.700. The number of hydrogen-bond acceptors (Lipinski definition) is 2. The van der Waals surface area contributed by atoms with E-state index in [-0.39, 0.29) is 22.7 Å². The summed E-state index contributed by atoms with van der Waals surface area (Å²) in [5, 5.41) is 0. The first-order chi connectivity index (χ1) is 8.59. The van der Waals surface area contributed by atoms with Crippen LogP contribution < -0.4 is 0 Å². The molecule has 1 atom stereocenters. The molecule has 2 nitrogen and oxygen atoms in total. The highest BCUT2D eigenvalue weighted by Gasteiger charge is 2.34. The van der Waals surface area contributed by atoms with Crippen LogP contribution in [-0.4, -0.2) is 18.0 Å². The normalized spacial score (nSPS) is 23.2. The number of ketones is 1. The highest BCUT2D eigenvalue weighted by Crippen LogP contribution is 2.39. The summed E-state index contributed by atoms with van der Waals surface area (Å²) in [5.74, 6) is 0.189. The summed E-state index contributed by atoms with van der Waals surface area (Å²) in [7, 11) is 0. The van der Waals surface area contributed by atoms with Crippen molar-refractivity contribution in [3.8, 4) is 0 Å². The number of carbonyl (C=O) groups excluding carboxylic acids is 1. The van der Waals surface area contributed by atoms with Crippen LogP contribution in [0.4, 0.5) is 0 Å². The van der Waals surface area contributed by atoms with E-state index in [9.17, 15) is 4.79 Å². The van der Waals surface area contributed by atoms with Crippen molar-refractivity contribution in [2.75, 3.05) is 0 Å². The first-order valence-electron chi connectivity index (χ1n) is 6.83. The van der Waals surface area contributed by atoms with E-state index in [1.807, 2.05) is 18.4 Å². The minimum absolute atomic E-state index is 0.134. The average Bonchev–Trinajstić information content (AvgIpc) is 3.00. The molecule has 0 saturated carbocycles. The molecule has 102 valence electrons. The number of allylic oxidation sites excluding steroid dienone is 5. The third-order valence-electron chi connectivity index (χ3n) is 3.41. The Morgan fingerprint density at radius 2 is 1.42 bits per heavy atom. The highest BCUT2D eigenvalue weighted by molar-refractivity contribution is 6.11. The predicted molar refractivity (Wildman–Crippen MR) is 80.4 cm³/mol. The van der Waals surface area contributed by atoms with Crippen LogP contribution in [0.3, 0.4) is 0 Å². The topological polar surface area (TPSA) is 29.4 Å². The van der Waals surface area contributed by atoms with Gasteiger partial charge >= 0.3 is 0 Å². The Morgan fingerprint density at radius 1 is 1.00 bits per heavy atom. The molecule has 1 aliphatic carbocycles. The number of nitrogens with zero attached hydrogens (tertiary/aromatic N) is 1. The van der Waals surface area contributed by atoms with E-state index in [0.717, 1.165) is 16.7 Å². The summed E-state index contributed by atoms with van der Waals surface area (Å²) < 4.78 is 0. The van der Waals surface area contributed by atoms with Gasteiger partial charge in [0.25, 0.3) is 0 Å². The van der Waals surface area contributed by atoms with E-state index >= 15 is 0 Å². The van der Waals surface area contributed by atoms with E-state index in [2.05, 4.69) is 52.6 Å². The van der Waals surface area contributed by atoms with Gasteiger partial charge in [0, 0.05) is 17.4 Å². The largest absolute Gasteiger partial charge is 0.289 e. The summed E-state index contributed by atoms with van der Waals surface area (Å²) >= 11 is 0. The van der Waals surface area contributed by atoms with Crippen LogP contribution >= 0.6 is 0 Å². The summed E-state index contributed by atoms with van der Waals surface area (Å²) in [4.78, 5) is 16.8. The second-order valence-electron chi connectivity index (χ2n) is 7.40. The minimum atomic E-state index is -0.134. The molecule has 2 rings (SSSR count). The fraction of sp³-hybridized carbons (Fsp3) is 0.529. The lowest BCUT2D eigenvalue weighted by atomic mass is 9.72. The molecular weight excluding hydrogens is 234 g/mol. The Hall–Kier alpha value is -1.44. The lowest BCUT2D eigenvalue weighted by Gasteiger charge is -2.31. The monoisotopic (exact) mass is 257 g/mol. The van der Waals surface area contributed by atoms with E-state index in [1.54, 1.807) is 0 Å². The van der Waals surface area contributed by atoms with Crippen molar-refractivity contribution in [2.24, 2.45) is 15.8 Å². The smallest absolute Gasteiger partial charge is 0.186 e. The zero-order valence-electron chi connectivity index (χ0n) is 12.7. The molecule has 0 aromatic heterocycles. The Bertz CT molecular complexity index is 489. The molecule has 2 heteroatoms. The molecule has 0 N–H and O–H groups in total. The Labute approximate surface area is 116 Å².